The SMILES string of the molecule is CC(C)c1cnnn1-c1ccccc1.CC(C)c1oncc1-c1ccccc1. The highest BCUT2D eigenvalue weighted by molar-refractivity contribution is 5.64. The number of aromatic nitrogens is 4. The van der Waals surface area contributed by atoms with E-state index in [1.54, 1.807) is 6.20 Å². The van der Waals surface area contributed by atoms with Crippen LogP contribution in [0, 0.1) is 0 Å². The molecule has 0 bridgehead atoms. The van der Waals surface area contributed by atoms with Crippen LogP contribution in [0.4, 0.5) is 0 Å². The Bertz CT molecular complexity index is 890. The van der Waals surface area contributed by atoms with Crippen molar-refractivity contribution in [3.63, 3.8) is 0 Å². The Hall–Kier alpha value is -3.21. The van der Waals surface area contributed by atoms with E-state index in [2.05, 4.69) is 55.3 Å². The van der Waals surface area contributed by atoms with E-state index in [0.717, 1.165) is 28.3 Å². The third-order valence-corrected chi connectivity index (χ3v) is 4.38. The number of rotatable bonds is 4. The summed E-state index contributed by atoms with van der Waals surface area (Å²) >= 11 is 0. The van der Waals surface area contributed by atoms with Crippen LogP contribution >= 0.6 is 0 Å². The Morgan fingerprint density at radius 2 is 1.43 bits per heavy atom. The molecule has 4 aromatic rings. The molecule has 0 atom stereocenters. The molecule has 2 aromatic carbocycles. The van der Waals surface area contributed by atoms with Crippen LogP contribution in [0.5, 0.6) is 0 Å². The van der Waals surface area contributed by atoms with Crippen LogP contribution in [-0.4, -0.2) is 20.2 Å². The monoisotopic (exact) mass is 374 g/mol. The van der Waals surface area contributed by atoms with Crippen molar-refractivity contribution >= 4 is 0 Å². The molecule has 5 heteroatoms. The van der Waals surface area contributed by atoms with Gasteiger partial charge in [-0.2, -0.15) is 0 Å². The largest absolute Gasteiger partial charge is 0.360 e. The average Bonchev–Trinajstić information content (AvgIpc) is 3.40. The molecule has 144 valence electrons. The minimum absolute atomic E-state index is 0.368. The molecule has 0 radical (unpaired) electrons. The van der Waals surface area contributed by atoms with E-state index in [1.165, 1.54) is 0 Å². The highest BCUT2D eigenvalue weighted by Gasteiger charge is 2.12. The molecule has 0 N–H and O–H groups in total. The zero-order valence-electron chi connectivity index (χ0n) is 16.8. The number of benzene rings is 2. The first-order valence-electron chi connectivity index (χ1n) is 9.54. The van der Waals surface area contributed by atoms with Gasteiger partial charge >= 0.3 is 0 Å². The maximum Gasteiger partial charge on any atom is 0.147 e. The molecule has 0 aliphatic rings. The molecule has 0 saturated heterocycles. The summed E-state index contributed by atoms with van der Waals surface area (Å²) < 4.78 is 7.11. The lowest BCUT2D eigenvalue weighted by Gasteiger charge is -2.07. The van der Waals surface area contributed by atoms with Crippen LogP contribution in [0.25, 0.3) is 16.8 Å². The third kappa shape index (κ3) is 4.55. The minimum atomic E-state index is 0.368. The zero-order valence-corrected chi connectivity index (χ0v) is 16.8. The Labute approximate surface area is 166 Å². The van der Waals surface area contributed by atoms with Crippen LogP contribution < -0.4 is 0 Å². The Balaban J connectivity index is 0.000000161. The van der Waals surface area contributed by atoms with E-state index in [0.29, 0.717) is 11.8 Å². The van der Waals surface area contributed by atoms with Gasteiger partial charge in [0.2, 0.25) is 0 Å². The first kappa shape index (κ1) is 19.5. The first-order chi connectivity index (χ1) is 13.6. The van der Waals surface area contributed by atoms with Crippen molar-refractivity contribution < 1.29 is 4.52 Å². The van der Waals surface area contributed by atoms with E-state index >= 15 is 0 Å². The van der Waals surface area contributed by atoms with Gasteiger partial charge in [0.25, 0.3) is 0 Å². The third-order valence-electron chi connectivity index (χ3n) is 4.38. The fraction of sp³-hybridized carbons (Fsp3) is 0.261. The van der Waals surface area contributed by atoms with Gasteiger partial charge in [0.15, 0.2) is 0 Å². The predicted molar refractivity (Wildman–Crippen MR) is 111 cm³/mol. The van der Waals surface area contributed by atoms with Crippen molar-refractivity contribution in [3.05, 3.63) is 84.5 Å². The molecule has 0 spiro atoms. The van der Waals surface area contributed by atoms with Crippen LogP contribution in [0.2, 0.25) is 0 Å². The second-order valence-electron chi connectivity index (χ2n) is 7.19. The summed E-state index contributed by atoms with van der Waals surface area (Å²) in [5.74, 6) is 1.76. The molecule has 0 aliphatic heterocycles. The molecule has 0 aliphatic carbocycles. The van der Waals surface area contributed by atoms with Gasteiger partial charge in [0, 0.05) is 11.5 Å². The van der Waals surface area contributed by atoms with Gasteiger partial charge in [-0.1, -0.05) is 86.6 Å². The van der Waals surface area contributed by atoms with Crippen LogP contribution in [0.3, 0.4) is 0 Å². The van der Waals surface area contributed by atoms with Crippen LogP contribution in [0.1, 0.15) is 51.0 Å². The Kier molecular flexibility index (Phi) is 6.37. The maximum absolute atomic E-state index is 5.23. The molecule has 0 unspecified atom stereocenters. The van der Waals surface area contributed by atoms with E-state index in [-0.39, 0.29) is 0 Å². The van der Waals surface area contributed by atoms with Crippen molar-refractivity contribution in [1.82, 2.24) is 20.2 Å². The summed E-state index contributed by atoms with van der Waals surface area (Å²) in [7, 11) is 0. The zero-order chi connectivity index (χ0) is 19.9. The van der Waals surface area contributed by atoms with Gasteiger partial charge in [-0.05, 0) is 23.6 Å². The molecular weight excluding hydrogens is 348 g/mol. The number of nitrogens with zero attached hydrogens (tertiary/aromatic N) is 4. The lowest BCUT2D eigenvalue weighted by atomic mass is 10.0. The summed E-state index contributed by atoms with van der Waals surface area (Å²) in [5.41, 5.74) is 4.46. The molecule has 2 heterocycles. The lowest BCUT2D eigenvalue weighted by molar-refractivity contribution is 0.372. The fourth-order valence-corrected chi connectivity index (χ4v) is 2.91. The topological polar surface area (TPSA) is 56.7 Å². The van der Waals surface area contributed by atoms with Crippen molar-refractivity contribution in [2.45, 2.75) is 39.5 Å². The van der Waals surface area contributed by atoms with Crippen molar-refractivity contribution in [2.24, 2.45) is 0 Å². The molecule has 5 nitrogen and oxygen atoms in total. The standard InChI is InChI=1S/C12H13NO.C11H13N3/c1-9(2)12-11(8-13-14-12)10-6-4-3-5-7-10;1-9(2)11-8-12-13-14(11)10-6-4-3-5-7-10/h2*3-9H,1-2H3. The Morgan fingerprint density at radius 1 is 0.786 bits per heavy atom. The highest BCUT2D eigenvalue weighted by atomic mass is 16.5. The summed E-state index contributed by atoms with van der Waals surface area (Å²) in [5, 5.41) is 11.9. The maximum atomic E-state index is 5.23. The molecule has 0 amide bonds. The predicted octanol–water partition coefficient (Wildman–Crippen LogP) is 5.86. The second kappa shape index (κ2) is 9.13. The van der Waals surface area contributed by atoms with Crippen molar-refractivity contribution in [2.75, 3.05) is 0 Å². The van der Waals surface area contributed by atoms with E-state index in [9.17, 15) is 0 Å². The van der Waals surface area contributed by atoms with Crippen LogP contribution in [-0.2, 0) is 0 Å². The van der Waals surface area contributed by atoms with Gasteiger partial charge in [-0.15, -0.1) is 5.10 Å². The first-order valence-corrected chi connectivity index (χ1v) is 9.54. The molecule has 0 fully saturated rings. The summed E-state index contributed by atoms with van der Waals surface area (Å²) in [4.78, 5) is 0. The number of para-hydroxylation sites is 1. The van der Waals surface area contributed by atoms with Crippen molar-refractivity contribution in [3.8, 4) is 16.8 Å². The molecular formula is C23H26N4O. The summed E-state index contributed by atoms with van der Waals surface area (Å²) in [6.45, 7) is 8.48. The number of hydrogen-bond acceptors (Lipinski definition) is 4. The Morgan fingerprint density at radius 3 is 2.04 bits per heavy atom. The van der Waals surface area contributed by atoms with Gasteiger partial charge in [-0.25, -0.2) is 4.68 Å². The van der Waals surface area contributed by atoms with Crippen LogP contribution in [0.15, 0.2) is 77.6 Å². The van der Waals surface area contributed by atoms with E-state index in [1.807, 2.05) is 59.4 Å². The lowest BCUT2D eigenvalue weighted by Crippen LogP contribution is -2.03. The minimum Gasteiger partial charge on any atom is -0.360 e. The molecule has 28 heavy (non-hydrogen) atoms. The normalized spacial score (nSPS) is 10.8. The molecule has 0 saturated carbocycles. The van der Waals surface area contributed by atoms with Gasteiger partial charge in [-0.3, -0.25) is 0 Å². The quantitative estimate of drug-likeness (QED) is 0.449. The van der Waals surface area contributed by atoms with E-state index < -0.39 is 0 Å². The highest BCUT2D eigenvalue weighted by Crippen LogP contribution is 2.28. The van der Waals surface area contributed by atoms with E-state index in [4.69, 9.17) is 4.52 Å². The summed E-state index contributed by atoms with van der Waals surface area (Å²) in [6.07, 6.45) is 3.60. The summed E-state index contributed by atoms with van der Waals surface area (Å²) in [6, 6.07) is 20.2. The smallest absolute Gasteiger partial charge is 0.147 e. The van der Waals surface area contributed by atoms with Gasteiger partial charge < -0.3 is 4.52 Å². The second-order valence-corrected chi connectivity index (χ2v) is 7.19. The van der Waals surface area contributed by atoms with Gasteiger partial charge in [0.05, 0.1) is 23.8 Å². The average molecular weight is 374 g/mol. The molecule has 4 rings (SSSR count). The van der Waals surface area contributed by atoms with Crippen molar-refractivity contribution in [1.29, 1.82) is 0 Å². The molecule has 2 aromatic heterocycles. The van der Waals surface area contributed by atoms with Gasteiger partial charge in [0.1, 0.15) is 5.76 Å². The number of hydrogen-bond donors (Lipinski definition) is 0. The fourth-order valence-electron chi connectivity index (χ4n) is 2.91.